The summed E-state index contributed by atoms with van der Waals surface area (Å²) in [7, 11) is -1.47. The van der Waals surface area contributed by atoms with E-state index in [0.717, 1.165) is 0 Å². The molecular formula is C10H17N2O3P. The second-order valence-electron chi connectivity index (χ2n) is 3.91. The molecule has 0 aliphatic carbocycles. The molecule has 16 heavy (non-hydrogen) atoms. The minimum atomic E-state index is -1.47. The summed E-state index contributed by atoms with van der Waals surface area (Å²) in [5.74, 6) is 0. The van der Waals surface area contributed by atoms with Crippen LogP contribution in [0.25, 0.3) is 0 Å². The molecule has 0 aromatic carbocycles. The number of hydrogen-bond donors (Lipinski definition) is 0. The highest BCUT2D eigenvalue weighted by molar-refractivity contribution is 7.41. The maximum Gasteiger partial charge on any atom is 0.333 e. The van der Waals surface area contributed by atoms with Gasteiger partial charge in [-0.3, -0.25) is 0 Å². The van der Waals surface area contributed by atoms with Gasteiger partial charge in [-0.05, 0) is 20.8 Å². The first-order valence-electron chi connectivity index (χ1n) is 4.98. The molecule has 0 atom stereocenters. The van der Waals surface area contributed by atoms with E-state index >= 15 is 0 Å². The summed E-state index contributed by atoms with van der Waals surface area (Å²) in [6.45, 7) is 6.24. The van der Waals surface area contributed by atoms with Crippen molar-refractivity contribution >= 4 is 8.60 Å². The molecule has 0 amide bonds. The van der Waals surface area contributed by atoms with Crippen molar-refractivity contribution < 1.29 is 13.6 Å². The van der Waals surface area contributed by atoms with Crippen molar-refractivity contribution in [2.45, 2.75) is 39.2 Å². The van der Waals surface area contributed by atoms with E-state index in [1.54, 1.807) is 0 Å². The molecule has 0 aromatic heterocycles. The second kappa shape index (κ2) is 8.44. The Morgan fingerprint density at radius 2 is 1.44 bits per heavy atom. The lowest BCUT2D eigenvalue weighted by Gasteiger charge is -2.24. The molecule has 0 fully saturated rings. The molecule has 0 aromatic rings. The smallest absolute Gasteiger partial charge is 0.311 e. The van der Waals surface area contributed by atoms with Crippen LogP contribution in [0.2, 0.25) is 0 Å². The summed E-state index contributed by atoms with van der Waals surface area (Å²) in [6.07, 6.45) is 0.599. The minimum Gasteiger partial charge on any atom is -0.311 e. The molecule has 0 N–H and O–H groups in total. The number of nitriles is 2. The minimum absolute atomic E-state index is 0.283. The molecule has 0 heterocycles. The molecule has 0 radical (unpaired) electrons. The van der Waals surface area contributed by atoms with E-state index in [0.29, 0.717) is 12.8 Å². The van der Waals surface area contributed by atoms with E-state index in [1.165, 1.54) is 0 Å². The maximum absolute atomic E-state index is 8.38. The average molecular weight is 244 g/mol. The Labute approximate surface area is 97.9 Å². The Bertz CT molecular complexity index is 245. The largest absolute Gasteiger partial charge is 0.333 e. The van der Waals surface area contributed by atoms with Gasteiger partial charge in [-0.1, -0.05) is 0 Å². The predicted octanol–water partition coefficient (Wildman–Crippen LogP) is 2.89. The molecule has 6 heteroatoms. The molecule has 0 bridgehead atoms. The molecule has 0 aliphatic heterocycles. The molecule has 0 rings (SSSR count). The Balaban J connectivity index is 3.97. The van der Waals surface area contributed by atoms with E-state index in [1.807, 2.05) is 32.9 Å². The first-order valence-corrected chi connectivity index (χ1v) is 6.08. The van der Waals surface area contributed by atoms with Crippen molar-refractivity contribution in [3.63, 3.8) is 0 Å². The van der Waals surface area contributed by atoms with Crippen LogP contribution in [-0.4, -0.2) is 18.8 Å². The third kappa shape index (κ3) is 9.83. The lowest BCUT2D eigenvalue weighted by molar-refractivity contribution is 0.0766. The average Bonchev–Trinajstić information content (AvgIpc) is 2.16. The zero-order valence-corrected chi connectivity index (χ0v) is 10.8. The topological polar surface area (TPSA) is 75.3 Å². The highest BCUT2D eigenvalue weighted by Crippen LogP contribution is 2.43. The van der Waals surface area contributed by atoms with Crippen molar-refractivity contribution in [1.82, 2.24) is 0 Å². The third-order valence-corrected chi connectivity index (χ3v) is 2.65. The van der Waals surface area contributed by atoms with E-state index in [4.69, 9.17) is 24.1 Å². The monoisotopic (exact) mass is 244 g/mol. The van der Waals surface area contributed by atoms with E-state index < -0.39 is 8.60 Å². The van der Waals surface area contributed by atoms with Gasteiger partial charge in [0.2, 0.25) is 0 Å². The maximum atomic E-state index is 8.38. The van der Waals surface area contributed by atoms with Crippen molar-refractivity contribution in [3.8, 4) is 12.1 Å². The van der Waals surface area contributed by atoms with Crippen molar-refractivity contribution in [2.75, 3.05) is 13.2 Å². The van der Waals surface area contributed by atoms with Gasteiger partial charge in [0.05, 0.1) is 43.8 Å². The van der Waals surface area contributed by atoms with E-state index in [9.17, 15) is 0 Å². The third-order valence-electron chi connectivity index (χ3n) is 1.17. The van der Waals surface area contributed by atoms with Crippen molar-refractivity contribution in [3.05, 3.63) is 0 Å². The van der Waals surface area contributed by atoms with Gasteiger partial charge in [-0.2, -0.15) is 10.5 Å². The summed E-state index contributed by atoms with van der Waals surface area (Å²) in [6, 6.07) is 3.95. The Hall–Kier alpha value is -0.710. The molecule has 0 aliphatic rings. The Morgan fingerprint density at radius 3 is 1.75 bits per heavy atom. The van der Waals surface area contributed by atoms with Gasteiger partial charge in [-0.25, -0.2) is 0 Å². The Morgan fingerprint density at radius 1 is 1.00 bits per heavy atom. The van der Waals surface area contributed by atoms with Crippen LogP contribution in [0.1, 0.15) is 33.6 Å². The van der Waals surface area contributed by atoms with Gasteiger partial charge in [0.1, 0.15) is 0 Å². The standard InChI is InChI=1S/C10H17N2O3P/c1-10(2,3)15-16(13-8-4-6-11)14-9-5-7-12/h4-5,8-9H2,1-3H3. The van der Waals surface area contributed by atoms with Crippen LogP contribution in [0.15, 0.2) is 0 Å². The molecular weight excluding hydrogens is 227 g/mol. The Kier molecular flexibility index (Phi) is 8.07. The van der Waals surface area contributed by atoms with Crippen LogP contribution in [0.4, 0.5) is 0 Å². The summed E-state index contributed by atoms with van der Waals surface area (Å²) >= 11 is 0. The van der Waals surface area contributed by atoms with E-state index in [2.05, 4.69) is 0 Å². The highest BCUT2D eigenvalue weighted by Gasteiger charge is 2.21. The molecule has 0 spiro atoms. The molecule has 5 nitrogen and oxygen atoms in total. The fourth-order valence-corrected chi connectivity index (χ4v) is 1.75. The van der Waals surface area contributed by atoms with Crippen LogP contribution in [0.5, 0.6) is 0 Å². The molecule has 90 valence electrons. The van der Waals surface area contributed by atoms with Crippen LogP contribution in [0, 0.1) is 22.7 Å². The normalized spacial score (nSPS) is 11.1. The van der Waals surface area contributed by atoms with Gasteiger partial charge >= 0.3 is 8.60 Å². The lowest BCUT2D eigenvalue weighted by atomic mass is 10.2. The fourth-order valence-electron chi connectivity index (χ4n) is 0.645. The quantitative estimate of drug-likeness (QED) is 0.508. The van der Waals surface area contributed by atoms with E-state index in [-0.39, 0.29) is 18.8 Å². The lowest BCUT2D eigenvalue weighted by Crippen LogP contribution is -2.17. The summed E-state index contributed by atoms with van der Waals surface area (Å²) < 4.78 is 16.1. The van der Waals surface area contributed by atoms with Crippen molar-refractivity contribution in [2.24, 2.45) is 0 Å². The summed E-state index contributed by atoms with van der Waals surface area (Å²) in [5.41, 5.74) is -0.370. The van der Waals surface area contributed by atoms with Crippen LogP contribution in [0.3, 0.4) is 0 Å². The molecule has 0 saturated carbocycles. The van der Waals surface area contributed by atoms with Gasteiger partial charge in [-0.15, -0.1) is 0 Å². The number of nitrogens with zero attached hydrogens (tertiary/aromatic N) is 2. The SMILES string of the molecule is CC(C)(C)OP(OCCC#N)OCCC#N. The van der Waals surface area contributed by atoms with Crippen molar-refractivity contribution in [1.29, 1.82) is 10.5 Å². The first-order chi connectivity index (χ1) is 7.49. The van der Waals surface area contributed by atoms with Crippen LogP contribution >= 0.6 is 8.60 Å². The summed E-state index contributed by atoms with van der Waals surface area (Å²) in [4.78, 5) is 0. The van der Waals surface area contributed by atoms with Gasteiger partial charge in [0.15, 0.2) is 0 Å². The van der Waals surface area contributed by atoms with Gasteiger partial charge in [0.25, 0.3) is 0 Å². The second-order valence-corrected chi connectivity index (χ2v) is 5.06. The zero-order chi connectivity index (χ0) is 12.4. The summed E-state index contributed by atoms with van der Waals surface area (Å²) in [5, 5.41) is 16.8. The molecule has 0 unspecified atom stereocenters. The van der Waals surface area contributed by atoms with Crippen LogP contribution < -0.4 is 0 Å². The predicted molar refractivity (Wildman–Crippen MR) is 60.1 cm³/mol. The number of rotatable bonds is 7. The van der Waals surface area contributed by atoms with Crippen LogP contribution in [-0.2, 0) is 13.6 Å². The number of hydrogen-bond acceptors (Lipinski definition) is 5. The zero-order valence-electron chi connectivity index (χ0n) is 9.89. The molecule has 0 saturated heterocycles. The highest BCUT2D eigenvalue weighted by atomic mass is 31.2. The van der Waals surface area contributed by atoms with Gasteiger partial charge in [0, 0.05) is 0 Å². The fraction of sp³-hybridized carbons (Fsp3) is 0.800. The van der Waals surface area contributed by atoms with Gasteiger partial charge < -0.3 is 13.6 Å². The first kappa shape index (κ1) is 15.3.